The largest absolute Gasteiger partial charge is 0.340 e. The lowest BCUT2D eigenvalue weighted by Crippen LogP contribution is -2.29. The number of pyridine rings is 1. The van der Waals surface area contributed by atoms with E-state index in [1.54, 1.807) is 30.3 Å². The SMILES string of the molecule is CC(C)CCN(C)C(=O)c1cc(Cl)ccn1. The molecule has 0 atom stereocenters. The Kier molecular flexibility index (Phi) is 4.74. The second-order valence-electron chi connectivity index (χ2n) is 4.27. The summed E-state index contributed by atoms with van der Waals surface area (Å²) in [5, 5.41) is 0.538. The zero-order valence-corrected chi connectivity index (χ0v) is 10.7. The molecule has 0 spiro atoms. The van der Waals surface area contributed by atoms with Crippen LogP contribution in [0, 0.1) is 5.92 Å². The van der Waals surface area contributed by atoms with E-state index in [2.05, 4.69) is 18.8 Å². The summed E-state index contributed by atoms with van der Waals surface area (Å²) < 4.78 is 0. The van der Waals surface area contributed by atoms with Crippen molar-refractivity contribution in [3.05, 3.63) is 29.0 Å². The molecular weight excluding hydrogens is 224 g/mol. The molecule has 0 N–H and O–H groups in total. The number of halogens is 1. The fourth-order valence-corrected chi connectivity index (χ4v) is 1.43. The molecule has 1 rings (SSSR count). The van der Waals surface area contributed by atoms with Crippen molar-refractivity contribution in [2.75, 3.05) is 13.6 Å². The maximum Gasteiger partial charge on any atom is 0.272 e. The van der Waals surface area contributed by atoms with E-state index in [9.17, 15) is 4.79 Å². The summed E-state index contributed by atoms with van der Waals surface area (Å²) in [5.41, 5.74) is 0.402. The molecular formula is C12H17ClN2O. The Balaban J connectivity index is 2.63. The van der Waals surface area contributed by atoms with Crippen LogP contribution in [0.2, 0.25) is 5.02 Å². The average Bonchev–Trinajstić information content (AvgIpc) is 2.24. The molecule has 0 unspecified atom stereocenters. The molecule has 16 heavy (non-hydrogen) atoms. The van der Waals surface area contributed by atoms with Crippen LogP contribution in [0.1, 0.15) is 30.8 Å². The average molecular weight is 241 g/mol. The van der Waals surface area contributed by atoms with Gasteiger partial charge in [0.2, 0.25) is 0 Å². The van der Waals surface area contributed by atoms with E-state index >= 15 is 0 Å². The summed E-state index contributed by atoms with van der Waals surface area (Å²) in [4.78, 5) is 17.6. The van der Waals surface area contributed by atoms with Crippen LogP contribution < -0.4 is 0 Å². The van der Waals surface area contributed by atoms with Crippen molar-refractivity contribution in [3.8, 4) is 0 Å². The molecule has 0 saturated heterocycles. The molecule has 0 bridgehead atoms. The van der Waals surface area contributed by atoms with E-state index in [1.807, 2.05) is 0 Å². The highest BCUT2D eigenvalue weighted by Gasteiger charge is 2.13. The number of nitrogens with zero attached hydrogens (tertiary/aromatic N) is 2. The number of rotatable bonds is 4. The number of aromatic nitrogens is 1. The zero-order valence-electron chi connectivity index (χ0n) is 9.90. The summed E-state index contributed by atoms with van der Waals surface area (Å²) in [6, 6.07) is 3.25. The van der Waals surface area contributed by atoms with Crippen LogP contribution in [0.25, 0.3) is 0 Å². The quantitative estimate of drug-likeness (QED) is 0.811. The minimum absolute atomic E-state index is 0.0804. The van der Waals surface area contributed by atoms with Crippen molar-refractivity contribution in [2.24, 2.45) is 5.92 Å². The van der Waals surface area contributed by atoms with Gasteiger partial charge < -0.3 is 4.90 Å². The molecule has 1 heterocycles. The van der Waals surface area contributed by atoms with Gasteiger partial charge in [-0.2, -0.15) is 0 Å². The Morgan fingerprint density at radius 1 is 1.56 bits per heavy atom. The molecule has 1 amide bonds. The molecule has 88 valence electrons. The van der Waals surface area contributed by atoms with Gasteiger partial charge >= 0.3 is 0 Å². The van der Waals surface area contributed by atoms with Gasteiger partial charge in [-0.1, -0.05) is 25.4 Å². The van der Waals surface area contributed by atoms with Gasteiger partial charge in [-0.05, 0) is 24.5 Å². The Bertz CT molecular complexity index is 366. The van der Waals surface area contributed by atoms with E-state index in [0.717, 1.165) is 13.0 Å². The van der Waals surface area contributed by atoms with Gasteiger partial charge in [0.1, 0.15) is 5.69 Å². The number of carbonyl (C=O) groups excluding carboxylic acids is 1. The Labute approximate surface area is 101 Å². The highest BCUT2D eigenvalue weighted by Crippen LogP contribution is 2.10. The lowest BCUT2D eigenvalue weighted by molar-refractivity contribution is 0.0783. The Morgan fingerprint density at radius 2 is 2.25 bits per heavy atom. The van der Waals surface area contributed by atoms with Crippen LogP contribution in [0.4, 0.5) is 0 Å². The highest BCUT2D eigenvalue weighted by atomic mass is 35.5. The maximum absolute atomic E-state index is 11.9. The van der Waals surface area contributed by atoms with Gasteiger partial charge in [0.15, 0.2) is 0 Å². The summed E-state index contributed by atoms with van der Waals surface area (Å²) >= 11 is 5.81. The lowest BCUT2D eigenvalue weighted by atomic mass is 10.1. The van der Waals surface area contributed by atoms with Crippen molar-refractivity contribution >= 4 is 17.5 Å². The molecule has 0 aliphatic heterocycles. The second kappa shape index (κ2) is 5.85. The Hall–Kier alpha value is -1.09. The van der Waals surface area contributed by atoms with Gasteiger partial charge in [0.25, 0.3) is 5.91 Å². The van der Waals surface area contributed by atoms with Gasteiger partial charge in [-0.15, -0.1) is 0 Å². The number of hydrogen-bond acceptors (Lipinski definition) is 2. The van der Waals surface area contributed by atoms with E-state index in [4.69, 9.17) is 11.6 Å². The van der Waals surface area contributed by atoms with Gasteiger partial charge in [-0.25, -0.2) is 0 Å². The summed E-state index contributed by atoms with van der Waals surface area (Å²) in [6.45, 7) is 5.01. The standard InChI is InChI=1S/C12H17ClN2O/c1-9(2)5-7-15(3)12(16)11-8-10(13)4-6-14-11/h4,6,8-9H,5,7H2,1-3H3. The third-order valence-corrected chi connectivity index (χ3v) is 2.56. The zero-order chi connectivity index (χ0) is 12.1. The van der Waals surface area contributed by atoms with E-state index < -0.39 is 0 Å². The minimum Gasteiger partial charge on any atom is -0.340 e. The smallest absolute Gasteiger partial charge is 0.272 e. The first-order valence-corrected chi connectivity index (χ1v) is 5.75. The predicted molar refractivity (Wildman–Crippen MR) is 65.7 cm³/mol. The van der Waals surface area contributed by atoms with Crippen LogP contribution >= 0.6 is 11.6 Å². The minimum atomic E-state index is -0.0804. The molecule has 0 aliphatic carbocycles. The fourth-order valence-electron chi connectivity index (χ4n) is 1.27. The van der Waals surface area contributed by atoms with Gasteiger partial charge in [-0.3, -0.25) is 9.78 Å². The van der Waals surface area contributed by atoms with Crippen LogP contribution in [-0.2, 0) is 0 Å². The van der Waals surface area contributed by atoms with E-state index in [-0.39, 0.29) is 5.91 Å². The van der Waals surface area contributed by atoms with Crippen molar-refractivity contribution in [3.63, 3.8) is 0 Å². The Morgan fingerprint density at radius 3 is 2.81 bits per heavy atom. The molecule has 3 nitrogen and oxygen atoms in total. The second-order valence-corrected chi connectivity index (χ2v) is 4.70. The van der Waals surface area contributed by atoms with Gasteiger partial charge in [0.05, 0.1) is 0 Å². The monoisotopic (exact) mass is 240 g/mol. The van der Waals surface area contributed by atoms with Crippen LogP contribution in [0.3, 0.4) is 0 Å². The van der Waals surface area contributed by atoms with Crippen molar-refractivity contribution in [1.29, 1.82) is 0 Å². The molecule has 1 aromatic heterocycles. The van der Waals surface area contributed by atoms with Gasteiger partial charge in [0, 0.05) is 24.8 Å². The van der Waals surface area contributed by atoms with E-state index in [0.29, 0.717) is 16.6 Å². The first kappa shape index (κ1) is 13.0. The summed E-state index contributed by atoms with van der Waals surface area (Å²) in [6.07, 6.45) is 2.54. The molecule has 0 fully saturated rings. The maximum atomic E-state index is 11.9. The lowest BCUT2D eigenvalue weighted by Gasteiger charge is -2.17. The third-order valence-electron chi connectivity index (χ3n) is 2.33. The predicted octanol–water partition coefficient (Wildman–Crippen LogP) is 2.85. The first-order valence-electron chi connectivity index (χ1n) is 5.37. The first-order chi connectivity index (χ1) is 7.50. The molecule has 0 aliphatic rings. The molecule has 0 aromatic carbocycles. The topological polar surface area (TPSA) is 33.2 Å². The molecule has 0 radical (unpaired) electrons. The molecule has 4 heteroatoms. The summed E-state index contributed by atoms with van der Waals surface area (Å²) in [7, 11) is 1.79. The molecule has 1 aromatic rings. The highest BCUT2D eigenvalue weighted by molar-refractivity contribution is 6.30. The molecule has 0 saturated carbocycles. The van der Waals surface area contributed by atoms with Crippen LogP contribution in [0.15, 0.2) is 18.3 Å². The van der Waals surface area contributed by atoms with E-state index in [1.165, 1.54) is 0 Å². The number of carbonyl (C=O) groups is 1. The normalized spacial score (nSPS) is 10.6. The van der Waals surface area contributed by atoms with Crippen molar-refractivity contribution in [1.82, 2.24) is 9.88 Å². The van der Waals surface area contributed by atoms with Crippen molar-refractivity contribution < 1.29 is 4.79 Å². The third kappa shape index (κ3) is 3.81. The van der Waals surface area contributed by atoms with Crippen LogP contribution in [0.5, 0.6) is 0 Å². The van der Waals surface area contributed by atoms with Crippen LogP contribution in [-0.4, -0.2) is 29.4 Å². The van der Waals surface area contributed by atoms with Crippen molar-refractivity contribution in [2.45, 2.75) is 20.3 Å². The fraction of sp³-hybridized carbons (Fsp3) is 0.500. The summed E-state index contributed by atoms with van der Waals surface area (Å²) in [5.74, 6) is 0.505. The number of hydrogen-bond donors (Lipinski definition) is 0. The number of amides is 1.